The second-order valence-electron chi connectivity index (χ2n) is 3.99. The van der Waals surface area contributed by atoms with Crippen LogP contribution in [0.1, 0.15) is 6.42 Å². The van der Waals surface area contributed by atoms with Crippen molar-refractivity contribution in [2.45, 2.75) is 12.0 Å². The number of urea groups is 1. The minimum Gasteiger partial charge on any atom is -0.375 e. The molecule has 0 radical (unpaired) electrons. The topological polar surface area (TPSA) is 87.7 Å². The van der Waals surface area contributed by atoms with Crippen molar-refractivity contribution in [1.82, 2.24) is 15.5 Å². The van der Waals surface area contributed by atoms with Crippen LogP contribution in [-0.4, -0.2) is 55.1 Å². The fraction of sp³-hybridized carbons (Fsp3) is 0.667. The number of methoxy groups -OCH3 is 1. The average molecular weight is 227 g/mol. The average Bonchev–Trinajstić information content (AvgIpc) is 2.74. The Morgan fingerprint density at radius 3 is 2.88 bits per heavy atom. The highest BCUT2D eigenvalue weighted by atomic mass is 16.5. The van der Waals surface area contributed by atoms with E-state index >= 15 is 0 Å². The first-order valence-corrected chi connectivity index (χ1v) is 4.98. The van der Waals surface area contributed by atoms with E-state index in [-0.39, 0.29) is 25.0 Å². The number of nitrogens with zero attached hydrogens (tertiary/aromatic N) is 1. The van der Waals surface area contributed by atoms with Gasteiger partial charge in [-0.25, -0.2) is 4.79 Å². The van der Waals surface area contributed by atoms with Gasteiger partial charge < -0.3 is 15.0 Å². The molecule has 0 saturated carbocycles. The molecule has 0 aromatic rings. The molecule has 2 aliphatic heterocycles. The van der Waals surface area contributed by atoms with E-state index in [0.717, 1.165) is 0 Å². The lowest BCUT2D eigenvalue weighted by Crippen LogP contribution is -2.49. The van der Waals surface area contributed by atoms with Crippen molar-refractivity contribution in [3.05, 3.63) is 0 Å². The summed E-state index contributed by atoms with van der Waals surface area (Å²) < 4.78 is 4.74. The maximum absolute atomic E-state index is 11.6. The molecule has 0 aliphatic carbocycles. The van der Waals surface area contributed by atoms with Gasteiger partial charge in [-0.05, 0) is 6.42 Å². The van der Waals surface area contributed by atoms with Crippen LogP contribution in [0.5, 0.6) is 0 Å². The predicted molar refractivity (Wildman–Crippen MR) is 52.5 cm³/mol. The zero-order valence-corrected chi connectivity index (χ0v) is 8.91. The molecule has 2 saturated heterocycles. The zero-order chi connectivity index (χ0) is 11.8. The molecular weight excluding hydrogens is 214 g/mol. The molecule has 2 heterocycles. The fourth-order valence-corrected chi connectivity index (χ4v) is 2.05. The largest absolute Gasteiger partial charge is 0.375 e. The van der Waals surface area contributed by atoms with Gasteiger partial charge in [0.15, 0.2) is 0 Å². The van der Waals surface area contributed by atoms with Gasteiger partial charge in [0, 0.05) is 13.7 Å². The van der Waals surface area contributed by atoms with Gasteiger partial charge in [0.05, 0.1) is 6.54 Å². The van der Waals surface area contributed by atoms with Crippen molar-refractivity contribution < 1.29 is 19.1 Å². The summed E-state index contributed by atoms with van der Waals surface area (Å²) in [5.74, 6) is -0.529. The van der Waals surface area contributed by atoms with Crippen LogP contribution in [0.25, 0.3) is 0 Å². The van der Waals surface area contributed by atoms with Gasteiger partial charge in [-0.2, -0.15) is 0 Å². The lowest BCUT2D eigenvalue weighted by Gasteiger charge is -2.20. The third-order valence-corrected chi connectivity index (χ3v) is 2.90. The van der Waals surface area contributed by atoms with Crippen LogP contribution in [-0.2, 0) is 14.3 Å². The monoisotopic (exact) mass is 227 g/mol. The highest BCUT2D eigenvalue weighted by Crippen LogP contribution is 2.24. The Kier molecular flexibility index (Phi) is 2.55. The summed E-state index contributed by atoms with van der Waals surface area (Å²) in [6.45, 7) is 0.661. The van der Waals surface area contributed by atoms with Crippen LogP contribution in [0.2, 0.25) is 0 Å². The van der Waals surface area contributed by atoms with E-state index in [1.165, 1.54) is 12.0 Å². The van der Waals surface area contributed by atoms with E-state index in [9.17, 15) is 14.4 Å². The molecule has 4 amide bonds. The molecule has 0 aromatic carbocycles. The quantitative estimate of drug-likeness (QED) is 0.559. The number of hydrogen-bond acceptors (Lipinski definition) is 4. The molecule has 1 unspecified atom stereocenters. The molecule has 0 bridgehead atoms. The lowest BCUT2D eigenvalue weighted by atomic mass is 10.00. The van der Waals surface area contributed by atoms with E-state index in [0.29, 0.717) is 13.0 Å². The van der Waals surface area contributed by atoms with Crippen molar-refractivity contribution in [2.75, 3.05) is 26.8 Å². The summed E-state index contributed by atoms with van der Waals surface area (Å²) in [5, 5.41) is 4.75. The molecule has 1 spiro atoms. The molecular formula is C9H13N3O4. The SMILES string of the molecule is COCC(=O)N1CCC2(C1)NC(=O)NC2=O. The predicted octanol–water partition coefficient (Wildman–Crippen LogP) is -1.56. The number of amides is 4. The van der Waals surface area contributed by atoms with E-state index in [4.69, 9.17) is 4.74 Å². The summed E-state index contributed by atoms with van der Waals surface area (Å²) in [5.41, 5.74) is -0.930. The normalized spacial score (nSPS) is 28.4. The Labute approximate surface area is 92.1 Å². The third kappa shape index (κ3) is 1.63. The Morgan fingerprint density at radius 2 is 2.31 bits per heavy atom. The van der Waals surface area contributed by atoms with Gasteiger partial charge in [0.2, 0.25) is 5.91 Å². The molecule has 2 N–H and O–H groups in total. The standard InChI is InChI=1S/C9H13N3O4/c1-16-4-6(13)12-3-2-9(5-12)7(14)10-8(15)11-9/h2-5H2,1H3,(H2,10,11,14,15). The summed E-state index contributed by atoms with van der Waals surface area (Å²) in [6, 6.07) is -0.494. The molecule has 2 rings (SSSR count). The van der Waals surface area contributed by atoms with E-state index < -0.39 is 11.6 Å². The summed E-state index contributed by atoms with van der Waals surface area (Å²) in [7, 11) is 1.44. The molecule has 2 aliphatic rings. The molecule has 1 atom stereocenters. The second-order valence-corrected chi connectivity index (χ2v) is 3.99. The highest BCUT2D eigenvalue weighted by Gasteiger charge is 2.51. The van der Waals surface area contributed by atoms with Crippen LogP contribution < -0.4 is 10.6 Å². The maximum atomic E-state index is 11.6. The Bertz CT molecular complexity index is 357. The molecule has 0 aromatic heterocycles. The van der Waals surface area contributed by atoms with Crippen molar-refractivity contribution >= 4 is 17.8 Å². The summed E-state index contributed by atoms with van der Waals surface area (Å²) in [6.07, 6.45) is 0.444. The van der Waals surface area contributed by atoms with Gasteiger partial charge in [0.25, 0.3) is 5.91 Å². The van der Waals surface area contributed by atoms with Gasteiger partial charge in [-0.1, -0.05) is 0 Å². The van der Waals surface area contributed by atoms with Gasteiger partial charge in [-0.3, -0.25) is 14.9 Å². The van der Waals surface area contributed by atoms with E-state index in [1.807, 2.05) is 0 Å². The number of carbonyl (C=O) groups is 3. The summed E-state index contributed by atoms with van der Waals surface area (Å²) in [4.78, 5) is 35.7. The molecule has 7 nitrogen and oxygen atoms in total. The second kappa shape index (κ2) is 3.75. The first-order chi connectivity index (χ1) is 7.57. The van der Waals surface area contributed by atoms with E-state index in [2.05, 4.69) is 10.6 Å². The number of hydrogen-bond donors (Lipinski definition) is 2. The first kappa shape index (κ1) is 10.9. The van der Waals surface area contributed by atoms with Crippen molar-refractivity contribution in [1.29, 1.82) is 0 Å². The number of ether oxygens (including phenoxy) is 1. The van der Waals surface area contributed by atoms with E-state index in [1.54, 1.807) is 0 Å². The van der Waals surface area contributed by atoms with Gasteiger partial charge in [0.1, 0.15) is 12.1 Å². The van der Waals surface area contributed by atoms with Crippen molar-refractivity contribution in [2.24, 2.45) is 0 Å². The third-order valence-electron chi connectivity index (χ3n) is 2.90. The van der Waals surface area contributed by atoms with Crippen molar-refractivity contribution in [3.63, 3.8) is 0 Å². The smallest absolute Gasteiger partial charge is 0.322 e. The minimum atomic E-state index is -0.930. The molecule has 2 fully saturated rings. The zero-order valence-electron chi connectivity index (χ0n) is 8.91. The van der Waals surface area contributed by atoms with Gasteiger partial charge in [-0.15, -0.1) is 0 Å². The van der Waals surface area contributed by atoms with Crippen molar-refractivity contribution in [3.8, 4) is 0 Å². The van der Waals surface area contributed by atoms with Crippen LogP contribution in [0.4, 0.5) is 4.79 Å². The van der Waals surface area contributed by atoms with Crippen LogP contribution in [0.3, 0.4) is 0 Å². The number of carbonyl (C=O) groups excluding carboxylic acids is 3. The van der Waals surface area contributed by atoms with Gasteiger partial charge >= 0.3 is 6.03 Å². The summed E-state index contributed by atoms with van der Waals surface area (Å²) >= 11 is 0. The highest BCUT2D eigenvalue weighted by molar-refractivity contribution is 6.07. The Balaban J connectivity index is 2.05. The number of likely N-dealkylation sites (tertiary alicyclic amines) is 1. The van der Waals surface area contributed by atoms with Crippen LogP contribution in [0, 0.1) is 0 Å². The van der Waals surface area contributed by atoms with Crippen LogP contribution >= 0.6 is 0 Å². The molecule has 88 valence electrons. The lowest BCUT2D eigenvalue weighted by molar-refractivity contribution is -0.134. The van der Waals surface area contributed by atoms with Crippen LogP contribution in [0.15, 0.2) is 0 Å². The Morgan fingerprint density at radius 1 is 1.56 bits per heavy atom. The number of imide groups is 1. The molecule has 16 heavy (non-hydrogen) atoms. The first-order valence-electron chi connectivity index (χ1n) is 4.98. The molecule has 7 heteroatoms. The minimum absolute atomic E-state index is 0.00829. The number of rotatable bonds is 2. The fourth-order valence-electron chi connectivity index (χ4n) is 2.05. The number of nitrogens with one attached hydrogen (secondary N) is 2. The maximum Gasteiger partial charge on any atom is 0.322 e. The Hall–Kier alpha value is -1.63.